The molecule has 130 valence electrons. The number of hydrogen-bond donors (Lipinski definition) is 0. The molecule has 3 rings (SSSR count). The van der Waals surface area contributed by atoms with Crippen molar-refractivity contribution in [2.45, 2.75) is 70.6 Å². The fourth-order valence-corrected chi connectivity index (χ4v) is 5.04. The van der Waals surface area contributed by atoms with E-state index in [0.717, 1.165) is 5.02 Å². The first-order chi connectivity index (χ1) is 10.6. The van der Waals surface area contributed by atoms with Crippen molar-refractivity contribution >= 4 is 11.6 Å². The van der Waals surface area contributed by atoms with Crippen LogP contribution < -0.4 is 0 Å². The van der Waals surface area contributed by atoms with E-state index in [0.29, 0.717) is 5.41 Å². The van der Waals surface area contributed by atoms with Gasteiger partial charge in [-0.2, -0.15) is 0 Å². The van der Waals surface area contributed by atoms with Crippen LogP contribution in [0.3, 0.4) is 0 Å². The van der Waals surface area contributed by atoms with Gasteiger partial charge in [0.25, 0.3) is 0 Å². The van der Waals surface area contributed by atoms with Crippen molar-refractivity contribution in [3.8, 4) is 0 Å². The van der Waals surface area contributed by atoms with Gasteiger partial charge in [-0.3, -0.25) is 0 Å². The maximum atomic E-state index is 6.12. The number of likely N-dealkylation sites (N-methyl/N-ethyl adjacent to an activating group) is 1. The molecule has 1 nitrogen and oxygen atoms in total. The molecule has 0 spiro atoms. The molecule has 2 aliphatic rings. The molecular formula is C21H35ClN+. The first-order valence-electron chi connectivity index (χ1n) is 9.22. The fraction of sp³-hybridized carbons (Fsp3) is 0.714. The van der Waals surface area contributed by atoms with E-state index in [1.807, 2.05) is 0 Å². The van der Waals surface area contributed by atoms with Gasteiger partial charge in [0.2, 0.25) is 0 Å². The number of halogens is 1. The smallest absolute Gasteiger partial charge is 0.0882 e. The molecule has 0 radical (unpaired) electrons. The predicted octanol–water partition coefficient (Wildman–Crippen LogP) is 6.20. The van der Waals surface area contributed by atoms with Gasteiger partial charge >= 0.3 is 0 Å². The zero-order valence-corrected chi connectivity index (χ0v) is 14.9. The Morgan fingerprint density at radius 2 is 1.39 bits per heavy atom. The first-order valence-corrected chi connectivity index (χ1v) is 9.59. The average molecular weight is 337 g/mol. The van der Waals surface area contributed by atoms with Crippen LogP contribution in [0.4, 0.5) is 0 Å². The summed E-state index contributed by atoms with van der Waals surface area (Å²) in [6, 6.07) is 8.77. The zero-order chi connectivity index (χ0) is 15.5. The van der Waals surface area contributed by atoms with Gasteiger partial charge in [0.05, 0.1) is 26.7 Å². The Bertz CT molecular complexity index is 465. The highest BCUT2D eigenvalue weighted by Crippen LogP contribution is 2.43. The van der Waals surface area contributed by atoms with E-state index in [-0.39, 0.29) is 7.43 Å². The van der Waals surface area contributed by atoms with E-state index in [9.17, 15) is 0 Å². The van der Waals surface area contributed by atoms with E-state index in [4.69, 9.17) is 11.6 Å². The summed E-state index contributed by atoms with van der Waals surface area (Å²) in [4.78, 5) is 0. The van der Waals surface area contributed by atoms with Crippen LogP contribution in [-0.4, -0.2) is 31.2 Å². The molecule has 0 amide bonds. The van der Waals surface area contributed by atoms with Crippen molar-refractivity contribution < 1.29 is 4.48 Å². The lowest BCUT2D eigenvalue weighted by atomic mass is 9.77. The molecule has 0 aromatic heterocycles. The molecule has 1 aromatic rings. The van der Waals surface area contributed by atoms with Crippen LogP contribution in [0.2, 0.25) is 5.02 Å². The number of rotatable bonds is 3. The second-order valence-electron chi connectivity index (χ2n) is 7.99. The minimum atomic E-state index is 0. The molecule has 0 atom stereocenters. The number of nitrogens with zero attached hydrogens (tertiary/aromatic N) is 1. The molecule has 1 heterocycles. The molecule has 1 aromatic carbocycles. The maximum absolute atomic E-state index is 6.12. The van der Waals surface area contributed by atoms with Gasteiger partial charge in [-0.05, 0) is 56.2 Å². The Labute approximate surface area is 148 Å². The standard InChI is InChI=1S/C20H31ClN.CH4/c1-22(15-7-3-2-4-8-16-22)17-20(13-5-6-14-20)18-9-11-19(21)12-10-18;/h9-12H,2-8,13-17H2,1H3;1H4/q+1;. The molecule has 0 unspecified atom stereocenters. The lowest BCUT2D eigenvalue weighted by molar-refractivity contribution is -0.914. The minimum absolute atomic E-state index is 0. The number of quaternary nitrogens is 1. The summed E-state index contributed by atoms with van der Waals surface area (Å²) in [6.45, 7) is 4.07. The summed E-state index contributed by atoms with van der Waals surface area (Å²) in [5.41, 5.74) is 1.94. The lowest BCUT2D eigenvalue weighted by Gasteiger charge is -2.43. The summed E-state index contributed by atoms with van der Waals surface area (Å²) in [5.74, 6) is 0. The molecule has 1 saturated heterocycles. The quantitative estimate of drug-likeness (QED) is 0.576. The normalized spacial score (nSPS) is 23.6. The van der Waals surface area contributed by atoms with Crippen LogP contribution in [0.25, 0.3) is 0 Å². The van der Waals surface area contributed by atoms with Crippen molar-refractivity contribution in [1.82, 2.24) is 0 Å². The first kappa shape index (κ1) is 18.8. The molecule has 1 aliphatic heterocycles. The van der Waals surface area contributed by atoms with Crippen LogP contribution >= 0.6 is 11.6 Å². The highest BCUT2D eigenvalue weighted by atomic mass is 35.5. The molecule has 1 aliphatic carbocycles. The third kappa shape index (κ3) is 4.51. The third-order valence-corrected chi connectivity index (χ3v) is 6.35. The van der Waals surface area contributed by atoms with Crippen molar-refractivity contribution in [2.24, 2.45) is 0 Å². The largest absolute Gasteiger partial charge is 0.325 e. The lowest BCUT2D eigenvalue weighted by Crippen LogP contribution is -2.53. The van der Waals surface area contributed by atoms with Crippen molar-refractivity contribution in [1.29, 1.82) is 0 Å². The highest BCUT2D eigenvalue weighted by Gasteiger charge is 2.42. The summed E-state index contributed by atoms with van der Waals surface area (Å²) < 4.78 is 1.28. The number of likely N-dealkylation sites (tertiary alicyclic amines) is 1. The minimum Gasteiger partial charge on any atom is -0.325 e. The molecular weight excluding hydrogens is 302 g/mol. The predicted molar refractivity (Wildman–Crippen MR) is 102 cm³/mol. The second kappa shape index (κ2) is 8.03. The van der Waals surface area contributed by atoms with Crippen LogP contribution in [0.15, 0.2) is 24.3 Å². The van der Waals surface area contributed by atoms with Gasteiger partial charge in [0.1, 0.15) is 0 Å². The third-order valence-electron chi connectivity index (χ3n) is 6.10. The second-order valence-corrected chi connectivity index (χ2v) is 8.42. The summed E-state index contributed by atoms with van der Waals surface area (Å²) in [7, 11) is 2.52. The van der Waals surface area contributed by atoms with Crippen molar-refractivity contribution in [3.63, 3.8) is 0 Å². The van der Waals surface area contributed by atoms with Gasteiger partial charge in [-0.15, -0.1) is 0 Å². The Kier molecular flexibility index (Phi) is 6.57. The number of hydrogen-bond acceptors (Lipinski definition) is 0. The Balaban J connectivity index is 0.00000192. The Morgan fingerprint density at radius 3 is 1.96 bits per heavy atom. The van der Waals surface area contributed by atoms with Crippen molar-refractivity contribution in [3.05, 3.63) is 34.9 Å². The molecule has 23 heavy (non-hydrogen) atoms. The van der Waals surface area contributed by atoms with Gasteiger partial charge in [-0.25, -0.2) is 0 Å². The summed E-state index contributed by atoms with van der Waals surface area (Å²) >= 11 is 6.12. The van der Waals surface area contributed by atoms with Gasteiger partial charge in [0.15, 0.2) is 0 Å². The monoisotopic (exact) mass is 336 g/mol. The number of benzene rings is 1. The molecule has 0 bridgehead atoms. The van der Waals surface area contributed by atoms with E-state index in [1.54, 1.807) is 0 Å². The van der Waals surface area contributed by atoms with Gasteiger partial charge < -0.3 is 4.48 Å². The van der Waals surface area contributed by atoms with Crippen LogP contribution in [0, 0.1) is 0 Å². The van der Waals surface area contributed by atoms with E-state index in [2.05, 4.69) is 31.3 Å². The Morgan fingerprint density at radius 1 is 0.870 bits per heavy atom. The maximum Gasteiger partial charge on any atom is 0.0882 e. The van der Waals surface area contributed by atoms with Crippen LogP contribution in [0.5, 0.6) is 0 Å². The highest BCUT2D eigenvalue weighted by molar-refractivity contribution is 6.30. The van der Waals surface area contributed by atoms with Crippen LogP contribution in [-0.2, 0) is 5.41 Å². The van der Waals surface area contributed by atoms with Gasteiger partial charge in [0, 0.05) is 10.4 Å². The van der Waals surface area contributed by atoms with Crippen molar-refractivity contribution in [2.75, 3.05) is 26.7 Å². The SMILES string of the molecule is C.C[N+]1(CC2(c3ccc(Cl)cc3)CCCC2)CCCCCCC1. The molecule has 2 fully saturated rings. The Hall–Kier alpha value is -0.530. The average Bonchev–Trinajstić information content (AvgIpc) is 2.94. The van der Waals surface area contributed by atoms with Crippen LogP contribution in [0.1, 0.15) is 70.8 Å². The zero-order valence-electron chi connectivity index (χ0n) is 14.1. The van der Waals surface area contributed by atoms with E-state index >= 15 is 0 Å². The molecule has 1 saturated carbocycles. The topological polar surface area (TPSA) is 0 Å². The van der Waals surface area contributed by atoms with E-state index < -0.39 is 0 Å². The summed E-state index contributed by atoms with van der Waals surface area (Å²) in [5, 5.41) is 0.864. The molecule has 2 heteroatoms. The summed E-state index contributed by atoms with van der Waals surface area (Å²) in [6.07, 6.45) is 12.6. The fourth-order valence-electron chi connectivity index (χ4n) is 4.91. The molecule has 0 N–H and O–H groups in total. The van der Waals surface area contributed by atoms with E-state index in [1.165, 1.54) is 87.5 Å². The van der Waals surface area contributed by atoms with Gasteiger partial charge in [-0.1, -0.05) is 50.4 Å².